The van der Waals surface area contributed by atoms with E-state index in [1.807, 2.05) is 11.0 Å². The van der Waals surface area contributed by atoms with Crippen LogP contribution in [0.5, 0.6) is 5.75 Å². The van der Waals surface area contributed by atoms with Crippen LogP contribution in [-0.4, -0.2) is 50.9 Å². The van der Waals surface area contributed by atoms with E-state index in [0.717, 1.165) is 51.3 Å². The molecule has 0 saturated carbocycles. The van der Waals surface area contributed by atoms with Gasteiger partial charge in [0.15, 0.2) is 0 Å². The Labute approximate surface area is 137 Å². The maximum Gasteiger partial charge on any atom is 0.317 e. The van der Waals surface area contributed by atoms with Crippen molar-refractivity contribution in [1.82, 2.24) is 10.2 Å². The first kappa shape index (κ1) is 16.1. The van der Waals surface area contributed by atoms with E-state index in [1.165, 1.54) is 11.1 Å². The van der Waals surface area contributed by atoms with Crippen LogP contribution in [0.1, 0.15) is 30.4 Å². The molecule has 2 amide bonds. The SMILES string of the molecule is COc1ccc(C)cc1C1(CNC(=O)N2CCC2)CCOCC1. The topological polar surface area (TPSA) is 50.8 Å². The summed E-state index contributed by atoms with van der Waals surface area (Å²) in [6, 6.07) is 6.33. The molecule has 1 aromatic carbocycles. The molecule has 5 heteroatoms. The third kappa shape index (κ3) is 3.29. The molecule has 3 rings (SSSR count). The number of hydrogen-bond acceptors (Lipinski definition) is 3. The minimum atomic E-state index is -0.115. The number of benzene rings is 1. The lowest BCUT2D eigenvalue weighted by Crippen LogP contribution is -2.52. The molecule has 0 aromatic heterocycles. The quantitative estimate of drug-likeness (QED) is 0.928. The van der Waals surface area contributed by atoms with Crippen LogP contribution >= 0.6 is 0 Å². The van der Waals surface area contributed by atoms with Crippen LogP contribution in [0.25, 0.3) is 0 Å². The monoisotopic (exact) mass is 318 g/mol. The largest absolute Gasteiger partial charge is 0.496 e. The summed E-state index contributed by atoms with van der Waals surface area (Å²) < 4.78 is 11.2. The molecule has 2 fully saturated rings. The molecule has 2 saturated heterocycles. The van der Waals surface area contributed by atoms with E-state index in [9.17, 15) is 4.79 Å². The highest BCUT2D eigenvalue weighted by Crippen LogP contribution is 2.40. The number of carbonyl (C=O) groups excluding carboxylic acids is 1. The fourth-order valence-corrected chi connectivity index (χ4v) is 3.42. The number of rotatable bonds is 4. The van der Waals surface area contributed by atoms with Gasteiger partial charge < -0.3 is 19.7 Å². The van der Waals surface area contributed by atoms with E-state index in [2.05, 4.69) is 24.4 Å². The van der Waals surface area contributed by atoms with E-state index < -0.39 is 0 Å². The lowest BCUT2D eigenvalue weighted by Gasteiger charge is -2.40. The second kappa shape index (κ2) is 6.79. The van der Waals surface area contributed by atoms with Crippen molar-refractivity contribution >= 4 is 6.03 Å². The highest BCUT2D eigenvalue weighted by atomic mass is 16.5. The molecule has 2 aliphatic heterocycles. The number of aryl methyl sites for hydroxylation is 1. The van der Waals surface area contributed by atoms with Crippen LogP contribution in [0.15, 0.2) is 18.2 Å². The van der Waals surface area contributed by atoms with Crippen molar-refractivity contribution in [1.29, 1.82) is 0 Å². The zero-order valence-electron chi connectivity index (χ0n) is 14.1. The molecule has 0 aliphatic carbocycles. The number of carbonyl (C=O) groups is 1. The smallest absolute Gasteiger partial charge is 0.317 e. The Hall–Kier alpha value is -1.75. The first-order chi connectivity index (χ1) is 11.1. The number of nitrogens with one attached hydrogen (secondary N) is 1. The summed E-state index contributed by atoms with van der Waals surface area (Å²) in [5, 5.41) is 3.14. The van der Waals surface area contributed by atoms with Gasteiger partial charge in [0.25, 0.3) is 0 Å². The second-order valence-corrected chi connectivity index (χ2v) is 6.60. The predicted molar refractivity (Wildman–Crippen MR) is 89.1 cm³/mol. The molecule has 5 nitrogen and oxygen atoms in total. The van der Waals surface area contributed by atoms with E-state index in [0.29, 0.717) is 6.54 Å². The molecule has 0 radical (unpaired) electrons. The Bertz CT molecular complexity index is 563. The molecule has 0 unspecified atom stereocenters. The molecule has 23 heavy (non-hydrogen) atoms. The Morgan fingerprint density at radius 3 is 2.70 bits per heavy atom. The van der Waals surface area contributed by atoms with Crippen molar-refractivity contribution in [3.8, 4) is 5.75 Å². The second-order valence-electron chi connectivity index (χ2n) is 6.60. The number of methoxy groups -OCH3 is 1. The van der Waals surface area contributed by atoms with Crippen molar-refractivity contribution in [2.24, 2.45) is 0 Å². The van der Waals surface area contributed by atoms with Gasteiger partial charge in [0.1, 0.15) is 5.75 Å². The summed E-state index contributed by atoms with van der Waals surface area (Å²) in [6.45, 7) is 5.90. The molecule has 2 heterocycles. The normalized spacial score (nSPS) is 19.8. The van der Waals surface area contributed by atoms with Gasteiger partial charge in [-0.1, -0.05) is 17.7 Å². The van der Waals surface area contributed by atoms with Gasteiger partial charge in [-0.05, 0) is 32.3 Å². The van der Waals surface area contributed by atoms with Crippen molar-refractivity contribution in [2.45, 2.75) is 31.6 Å². The van der Waals surface area contributed by atoms with Crippen molar-refractivity contribution in [3.63, 3.8) is 0 Å². The number of nitrogens with zero attached hydrogens (tertiary/aromatic N) is 1. The van der Waals surface area contributed by atoms with Gasteiger partial charge in [0, 0.05) is 43.8 Å². The Kier molecular flexibility index (Phi) is 4.76. The van der Waals surface area contributed by atoms with Crippen LogP contribution in [-0.2, 0) is 10.2 Å². The van der Waals surface area contributed by atoms with Crippen LogP contribution in [0.4, 0.5) is 4.79 Å². The molecular weight excluding hydrogens is 292 g/mol. The third-order valence-corrected chi connectivity index (χ3v) is 5.10. The van der Waals surface area contributed by atoms with Crippen LogP contribution in [0.2, 0.25) is 0 Å². The lowest BCUT2D eigenvalue weighted by molar-refractivity contribution is 0.0489. The molecular formula is C18H26N2O3. The standard InChI is InChI=1S/C18H26N2O3/c1-14-4-5-16(22-2)15(12-14)18(6-10-23-11-7-18)13-19-17(21)20-8-3-9-20/h4-5,12H,3,6-11,13H2,1-2H3,(H,19,21). The summed E-state index contributed by atoms with van der Waals surface area (Å²) in [4.78, 5) is 14.1. The number of hydrogen-bond donors (Lipinski definition) is 1. The predicted octanol–water partition coefficient (Wildman–Crippen LogP) is 2.47. The number of amides is 2. The summed E-state index contributed by atoms with van der Waals surface area (Å²) in [5.41, 5.74) is 2.28. The molecule has 2 aliphatic rings. The van der Waals surface area contributed by atoms with Gasteiger partial charge in [-0.15, -0.1) is 0 Å². The molecule has 0 atom stereocenters. The van der Waals surface area contributed by atoms with Gasteiger partial charge in [-0.2, -0.15) is 0 Å². The van der Waals surface area contributed by atoms with Gasteiger partial charge in [-0.25, -0.2) is 4.79 Å². The highest BCUT2D eigenvalue weighted by Gasteiger charge is 2.37. The Morgan fingerprint density at radius 1 is 1.35 bits per heavy atom. The fraction of sp³-hybridized carbons (Fsp3) is 0.611. The molecule has 126 valence electrons. The first-order valence-electron chi connectivity index (χ1n) is 8.40. The average Bonchev–Trinajstić information content (AvgIpc) is 2.52. The van der Waals surface area contributed by atoms with Crippen molar-refractivity contribution < 1.29 is 14.3 Å². The fourth-order valence-electron chi connectivity index (χ4n) is 3.42. The van der Waals surface area contributed by atoms with E-state index in [1.54, 1.807) is 7.11 Å². The number of likely N-dealkylation sites (tertiary alicyclic amines) is 1. The maximum absolute atomic E-state index is 12.2. The number of urea groups is 1. The molecule has 1 aromatic rings. The molecule has 1 N–H and O–H groups in total. The molecule has 0 bridgehead atoms. The molecule has 0 spiro atoms. The minimum absolute atomic E-state index is 0.0498. The Morgan fingerprint density at radius 2 is 2.09 bits per heavy atom. The van der Waals surface area contributed by atoms with E-state index in [4.69, 9.17) is 9.47 Å². The van der Waals surface area contributed by atoms with Crippen molar-refractivity contribution in [2.75, 3.05) is 40.0 Å². The summed E-state index contributed by atoms with van der Waals surface area (Å²) in [6.07, 6.45) is 2.90. The van der Waals surface area contributed by atoms with Gasteiger partial charge in [0.2, 0.25) is 0 Å². The van der Waals surface area contributed by atoms with Crippen LogP contribution in [0, 0.1) is 6.92 Å². The number of ether oxygens (including phenoxy) is 2. The maximum atomic E-state index is 12.2. The zero-order valence-corrected chi connectivity index (χ0v) is 14.1. The van der Waals surface area contributed by atoms with Gasteiger partial charge in [-0.3, -0.25) is 0 Å². The van der Waals surface area contributed by atoms with Gasteiger partial charge in [0.05, 0.1) is 7.11 Å². The van der Waals surface area contributed by atoms with Crippen LogP contribution < -0.4 is 10.1 Å². The third-order valence-electron chi connectivity index (χ3n) is 5.10. The first-order valence-corrected chi connectivity index (χ1v) is 8.40. The zero-order chi connectivity index (χ0) is 16.3. The summed E-state index contributed by atoms with van der Waals surface area (Å²) in [7, 11) is 1.71. The van der Waals surface area contributed by atoms with Gasteiger partial charge >= 0.3 is 6.03 Å². The summed E-state index contributed by atoms with van der Waals surface area (Å²) >= 11 is 0. The summed E-state index contributed by atoms with van der Waals surface area (Å²) in [5.74, 6) is 0.899. The highest BCUT2D eigenvalue weighted by molar-refractivity contribution is 5.75. The van der Waals surface area contributed by atoms with Crippen molar-refractivity contribution in [3.05, 3.63) is 29.3 Å². The Balaban J connectivity index is 1.84. The van der Waals surface area contributed by atoms with E-state index in [-0.39, 0.29) is 11.4 Å². The average molecular weight is 318 g/mol. The lowest BCUT2D eigenvalue weighted by atomic mass is 9.73. The minimum Gasteiger partial charge on any atom is -0.496 e. The van der Waals surface area contributed by atoms with E-state index >= 15 is 0 Å². The van der Waals surface area contributed by atoms with Crippen LogP contribution in [0.3, 0.4) is 0 Å².